The molecule has 0 spiro atoms. The molecule has 0 unspecified atom stereocenters. The van der Waals surface area contributed by atoms with E-state index in [0.29, 0.717) is 24.5 Å². The quantitative estimate of drug-likeness (QED) is 0.567. The molecule has 25 heavy (non-hydrogen) atoms. The van der Waals surface area contributed by atoms with Crippen molar-refractivity contribution in [2.24, 2.45) is 0 Å². The summed E-state index contributed by atoms with van der Waals surface area (Å²) in [5, 5.41) is 15.1. The third-order valence-corrected chi connectivity index (χ3v) is 3.89. The molecule has 2 rings (SSSR count). The van der Waals surface area contributed by atoms with Crippen molar-refractivity contribution in [3.63, 3.8) is 0 Å². The maximum Gasteiger partial charge on any atom is 0.312 e. The van der Waals surface area contributed by atoms with Crippen molar-refractivity contribution in [3.8, 4) is 5.75 Å². The Balaban J connectivity index is 2.03. The van der Waals surface area contributed by atoms with E-state index in [0.717, 1.165) is 11.3 Å². The lowest BCUT2D eigenvalue weighted by molar-refractivity contribution is -0.386. The monoisotopic (exact) mass is 346 g/mol. The van der Waals surface area contributed by atoms with Gasteiger partial charge in [0, 0.05) is 13.6 Å². The van der Waals surface area contributed by atoms with Crippen molar-refractivity contribution in [1.29, 1.82) is 0 Å². The molecule has 8 nitrogen and oxygen atoms in total. The molecule has 0 fully saturated rings. The van der Waals surface area contributed by atoms with E-state index < -0.39 is 4.92 Å². The van der Waals surface area contributed by atoms with Gasteiger partial charge >= 0.3 is 5.69 Å². The number of aromatic nitrogens is 2. The van der Waals surface area contributed by atoms with Crippen molar-refractivity contribution >= 4 is 11.6 Å². The molecule has 0 N–H and O–H groups in total. The molecule has 0 aliphatic carbocycles. The van der Waals surface area contributed by atoms with Crippen LogP contribution in [-0.4, -0.2) is 39.2 Å². The molecule has 8 heteroatoms. The topological polar surface area (TPSA) is 90.5 Å². The summed E-state index contributed by atoms with van der Waals surface area (Å²) >= 11 is 0. The van der Waals surface area contributed by atoms with Crippen LogP contribution in [0.2, 0.25) is 0 Å². The van der Waals surface area contributed by atoms with E-state index in [1.807, 2.05) is 31.2 Å². The first kappa shape index (κ1) is 18.4. The predicted molar refractivity (Wildman–Crippen MR) is 92.4 cm³/mol. The minimum atomic E-state index is -0.470. The fraction of sp³-hybridized carbons (Fsp3) is 0.412. The molecule has 2 aromatic rings. The number of carbonyl (C=O) groups is 1. The van der Waals surface area contributed by atoms with Gasteiger partial charge in [-0.1, -0.05) is 12.1 Å². The number of hydrogen-bond acceptors (Lipinski definition) is 5. The lowest BCUT2D eigenvalue weighted by atomic mass is 10.2. The molecule has 0 atom stereocenters. The van der Waals surface area contributed by atoms with Gasteiger partial charge in [-0.25, -0.2) is 0 Å². The van der Waals surface area contributed by atoms with E-state index in [1.165, 1.54) is 4.68 Å². The van der Waals surface area contributed by atoms with Gasteiger partial charge in [-0.15, -0.1) is 0 Å². The predicted octanol–water partition coefficient (Wildman–Crippen LogP) is 2.47. The van der Waals surface area contributed by atoms with Crippen LogP contribution in [0.25, 0.3) is 0 Å². The lowest BCUT2D eigenvalue weighted by Crippen LogP contribution is -2.30. The molecule has 0 aliphatic heterocycles. The fourth-order valence-electron chi connectivity index (χ4n) is 2.57. The second kappa shape index (κ2) is 7.78. The lowest BCUT2D eigenvalue weighted by Gasteiger charge is -2.18. The molecule has 134 valence electrons. The van der Waals surface area contributed by atoms with Crippen LogP contribution in [0, 0.1) is 24.0 Å². The van der Waals surface area contributed by atoms with Gasteiger partial charge in [-0.05, 0) is 38.5 Å². The van der Waals surface area contributed by atoms with Gasteiger partial charge in [0.05, 0.1) is 11.5 Å². The van der Waals surface area contributed by atoms with Gasteiger partial charge in [0.1, 0.15) is 23.7 Å². The summed E-state index contributed by atoms with van der Waals surface area (Å²) in [6.45, 7) is 6.09. The molecule has 0 radical (unpaired) electrons. The first-order chi connectivity index (χ1) is 11.8. The molecule has 0 saturated carbocycles. The SMILES string of the molecule is CCOc1ccc(CN(C)C(=O)Cn2nc(C)c([N+](=O)[O-])c2C)cc1. The molecule has 1 heterocycles. The van der Waals surface area contributed by atoms with Crippen LogP contribution < -0.4 is 4.74 Å². The Kier molecular flexibility index (Phi) is 5.74. The standard InChI is InChI=1S/C17H22N4O4/c1-5-25-15-8-6-14(7-9-15)10-19(4)16(22)11-20-13(3)17(21(23)24)12(2)18-20/h6-9H,5,10-11H2,1-4H3. The Morgan fingerprint density at radius 2 is 1.96 bits per heavy atom. The number of rotatable bonds is 7. The third kappa shape index (κ3) is 4.34. The van der Waals surface area contributed by atoms with E-state index in [1.54, 1.807) is 25.8 Å². The molecular weight excluding hydrogens is 324 g/mol. The van der Waals surface area contributed by atoms with E-state index in [-0.39, 0.29) is 18.1 Å². The maximum absolute atomic E-state index is 12.4. The van der Waals surface area contributed by atoms with Crippen LogP contribution in [0.3, 0.4) is 0 Å². The number of nitro groups is 1. The number of benzene rings is 1. The minimum Gasteiger partial charge on any atom is -0.494 e. The van der Waals surface area contributed by atoms with Crippen LogP contribution >= 0.6 is 0 Å². The highest BCUT2D eigenvalue weighted by Gasteiger charge is 2.23. The normalized spacial score (nSPS) is 10.6. The summed E-state index contributed by atoms with van der Waals surface area (Å²) in [6.07, 6.45) is 0. The Hall–Kier alpha value is -2.90. The van der Waals surface area contributed by atoms with Crippen molar-refractivity contribution in [2.75, 3.05) is 13.7 Å². The average molecular weight is 346 g/mol. The van der Waals surface area contributed by atoms with E-state index in [4.69, 9.17) is 4.74 Å². The summed E-state index contributed by atoms with van der Waals surface area (Å²) in [5.74, 6) is 0.615. The molecule has 1 aromatic carbocycles. The van der Waals surface area contributed by atoms with Gasteiger partial charge in [0.15, 0.2) is 0 Å². The number of carbonyl (C=O) groups excluding carboxylic acids is 1. The zero-order valence-electron chi connectivity index (χ0n) is 14.9. The van der Waals surface area contributed by atoms with Crippen LogP contribution in [0.15, 0.2) is 24.3 Å². The van der Waals surface area contributed by atoms with Crippen LogP contribution in [0.5, 0.6) is 5.75 Å². The Morgan fingerprint density at radius 3 is 2.48 bits per heavy atom. The highest BCUT2D eigenvalue weighted by atomic mass is 16.6. The molecule has 1 amide bonds. The molecule has 0 bridgehead atoms. The second-order valence-electron chi connectivity index (χ2n) is 5.76. The third-order valence-electron chi connectivity index (χ3n) is 3.89. The number of ether oxygens (including phenoxy) is 1. The van der Waals surface area contributed by atoms with E-state index >= 15 is 0 Å². The van der Waals surface area contributed by atoms with Crippen molar-refractivity contribution in [1.82, 2.24) is 14.7 Å². The van der Waals surface area contributed by atoms with Gasteiger partial charge in [-0.2, -0.15) is 5.10 Å². The fourth-order valence-corrected chi connectivity index (χ4v) is 2.57. The van der Waals surface area contributed by atoms with Crippen molar-refractivity contribution in [3.05, 3.63) is 51.3 Å². The number of nitrogens with zero attached hydrogens (tertiary/aromatic N) is 4. The Bertz CT molecular complexity index is 768. The summed E-state index contributed by atoms with van der Waals surface area (Å²) in [4.78, 5) is 24.5. The van der Waals surface area contributed by atoms with Crippen LogP contribution in [-0.2, 0) is 17.9 Å². The number of aryl methyl sites for hydroxylation is 1. The smallest absolute Gasteiger partial charge is 0.312 e. The average Bonchev–Trinajstić information content (AvgIpc) is 2.83. The van der Waals surface area contributed by atoms with Gasteiger partial charge in [-0.3, -0.25) is 19.6 Å². The summed E-state index contributed by atoms with van der Waals surface area (Å²) in [6, 6.07) is 7.54. The zero-order chi connectivity index (χ0) is 18.6. The van der Waals surface area contributed by atoms with Gasteiger partial charge < -0.3 is 9.64 Å². The molecular formula is C17H22N4O4. The van der Waals surface area contributed by atoms with Gasteiger partial charge in [0.25, 0.3) is 0 Å². The summed E-state index contributed by atoms with van der Waals surface area (Å²) in [7, 11) is 1.69. The minimum absolute atomic E-state index is 0.0337. The van der Waals surface area contributed by atoms with Crippen molar-refractivity contribution < 1.29 is 14.5 Å². The van der Waals surface area contributed by atoms with Crippen LogP contribution in [0.4, 0.5) is 5.69 Å². The summed E-state index contributed by atoms with van der Waals surface area (Å²) in [5.41, 5.74) is 1.62. The number of likely N-dealkylation sites (N-methyl/N-ethyl adjacent to an activating group) is 1. The first-order valence-electron chi connectivity index (χ1n) is 7.97. The zero-order valence-corrected chi connectivity index (χ0v) is 14.9. The molecule has 0 aliphatic rings. The molecule has 0 saturated heterocycles. The van der Waals surface area contributed by atoms with Crippen molar-refractivity contribution in [2.45, 2.75) is 33.9 Å². The first-order valence-corrected chi connectivity index (χ1v) is 7.97. The van der Waals surface area contributed by atoms with E-state index in [2.05, 4.69) is 5.10 Å². The second-order valence-corrected chi connectivity index (χ2v) is 5.76. The highest BCUT2D eigenvalue weighted by molar-refractivity contribution is 5.75. The van der Waals surface area contributed by atoms with Crippen LogP contribution in [0.1, 0.15) is 23.9 Å². The molecule has 1 aromatic heterocycles. The summed E-state index contributed by atoms with van der Waals surface area (Å²) < 4.78 is 6.77. The maximum atomic E-state index is 12.4. The Morgan fingerprint density at radius 1 is 1.32 bits per heavy atom. The highest BCUT2D eigenvalue weighted by Crippen LogP contribution is 2.21. The van der Waals surface area contributed by atoms with E-state index in [9.17, 15) is 14.9 Å². The van der Waals surface area contributed by atoms with Gasteiger partial charge in [0.2, 0.25) is 5.91 Å². The number of amides is 1. The Labute approximate surface area is 146 Å². The largest absolute Gasteiger partial charge is 0.494 e. The number of hydrogen-bond donors (Lipinski definition) is 0.